The second-order valence-corrected chi connectivity index (χ2v) is 9.40. The molecular formula is C28H20O10. The van der Waals surface area contributed by atoms with E-state index in [9.17, 15) is 40.2 Å². The van der Waals surface area contributed by atoms with Gasteiger partial charge in [0, 0.05) is 46.5 Å². The molecule has 1 aromatic heterocycles. The van der Waals surface area contributed by atoms with E-state index in [2.05, 4.69) is 0 Å². The highest BCUT2D eigenvalue weighted by Crippen LogP contribution is 2.52. The van der Waals surface area contributed by atoms with Gasteiger partial charge in [-0.15, -0.1) is 0 Å². The lowest BCUT2D eigenvalue weighted by Crippen LogP contribution is -2.24. The minimum Gasteiger partial charge on any atom is -0.507 e. The monoisotopic (exact) mass is 516 g/mol. The number of carbonyl (C=O) groups excluding carboxylic acids is 1. The number of rotatable bonds is 1. The number of fused-ring (bicyclic) bond motifs is 4. The van der Waals surface area contributed by atoms with Crippen LogP contribution in [0.15, 0.2) is 39.5 Å². The van der Waals surface area contributed by atoms with Gasteiger partial charge in [-0.3, -0.25) is 9.59 Å². The number of Topliss-reactive ketones (excluding diaryl/α,β-unsaturated/α-hetero) is 1. The van der Waals surface area contributed by atoms with Crippen LogP contribution in [0.3, 0.4) is 0 Å². The fraction of sp³-hybridized carbons (Fsp3) is 0.143. The average molecular weight is 516 g/mol. The number of phenolic OH excluding ortho intramolecular Hbond substituents is 5. The summed E-state index contributed by atoms with van der Waals surface area (Å²) in [6.45, 7) is 3.23. The zero-order valence-corrected chi connectivity index (χ0v) is 20.0. The molecule has 10 heteroatoms. The van der Waals surface area contributed by atoms with Crippen LogP contribution < -0.4 is 10.2 Å². The maximum Gasteiger partial charge on any atom is 0.190 e. The highest BCUT2D eigenvalue weighted by molar-refractivity contribution is 6.18. The molecule has 0 radical (unpaired) electrons. The summed E-state index contributed by atoms with van der Waals surface area (Å²) < 4.78 is 11.4. The third kappa shape index (κ3) is 3.06. The Labute approximate surface area is 212 Å². The quantitative estimate of drug-likeness (QED) is 0.172. The molecule has 0 fully saturated rings. The van der Waals surface area contributed by atoms with E-state index in [-0.39, 0.29) is 67.1 Å². The molecule has 4 aromatic carbocycles. The van der Waals surface area contributed by atoms with Crippen molar-refractivity contribution in [3.8, 4) is 51.4 Å². The number of carbonyl (C=O) groups is 1. The number of ketones is 1. The van der Waals surface area contributed by atoms with Crippen molar-refractivity contribution < 1.29 is 44.6 Å². The second-order valence-electron chi connectivity index (χ2n) is 9.40. The standard InChI is InChI=1S/C28H20O10/c1-9-3-13(29)25-19(37-9)5-11-21(15(31)7-17(33)23(11)27(25)35)22-12-6-20-26(14(30)4-10(2)38-20)28(36)24(12)18(34)8-16(22)32/h3,5-8,10,29,32-36H,4H2,1-2H3. The van der Waals surface area contributed by atoms with Gasteiger partial charge in [0.15, 0.2) is 11.2 Å². The first-order valence-corrected chi connectivity index (χ1v) is 11.6. The van der Waals surface area contributed by atoms with Gasteiger partial charge in [0.1, 0.15) is 68.6 Å². The topological polar surface area (TPSA) is 178 Å². The molecule has 6 N–H and O–H groups in total. The molecule has 1 atom stereocenters. The van der Waals surface area contributed by atoms with Crippen LogP contribution in [0.1, 0.15) is 29.5 Å². The first kappa shape index (κ1) is 23.3. The number of hydrogen-bond acceptors (Lipinski definition) is 10. The molecule has 192 valence electrons. The largest absolute Gasteiger partial charge is 0.507 e. The molecule has 10 nitrogen and oxygen atoms in total. The van der Waals surface area contributed by atoms with Gasteiger partial charge in [0.2, 0.25) is 0 Å². The number of aromatic hydroxyl groups is 6. The van der Waals surface area contributed by atoms with Crippen molar-refractivity contribution in [1.82, 2.24) is 0 Å². The Bertz CT molecular complexity index is 1950. The maximum atomic E-state index is 13.4. The van der Waals surface area contributed by atoms with E-state index >= 15 is 0 Å². The van der Waals surface area contributed by atoms with Gasteiger partial charge < -0.3 is 39.8 Å². The summed E-state index contributed by atoms with van der Waals surface area (Å²) in [5, 5.41) is 64.2. The molecule has 1 aliphatic rings. The molecule has 5 aromatic rings. The normalized spacial score (nSPS) is 15.2. The van der Waals surface area contributed by atoms with Crippen LogP contribution in [0.4, 0.5) is 0 Å². The Morgan fingerprint density at radius 3 is 2.08 bits per heavy atom. The first-order valence-electron chi connectivity index (χ1n) is 11.6. The fourth-order valence-corrected chi connectivity index (χ4v) is 5.32. The second kappa shape index (κ2) is 7.69. The van der Waals surface area contributed by atoms with Crippen LogP contribution in [0.5, 0.6) is 40.2 Å². The average Bonchev–Trinajstić information content (AvgIpc) is 2.79. The number of aryl methyl sites for hydroxylation is 1. The van der Waals surface area contributed by atoms with Gasteiger partial charge in [-0.2, -0.15) is 0 Å². The Morgan fingerprint density at radius 2 is 1.34 bits per heavy atom. The molecule has 6 rings (SSSR count). The zero-order chi connectivity index (χ0) is 27.2. The van der Waals surface area contributed by atoms with E-state index in [4.69, 9.17) is 9.15 Å². The summed E-state index contributed by atoms with van der Waals surface area (Å²) in [5.74, 6) is -3.26. The zero-order valence-electron chi connectivity index (χ0n) is 20.0. The van der Waals surface area contributed by atoms with Crippen LogP contribution in [-0.2, 0) is 0 Å². The smallest absolute Gasteiger partial charge is 0.190 e. The molecule has 0 saturated carbocycles. The van der Waals surface area contributed by atoms with E-state index < -0.39 is 46.1 Å². The summed E-state index contributed by atoms with van der Waals surface area (Å²) >= 11 is 0. The predicted octanol–water partition coefficient (Wildman–Crippen LogP) is 4.66. The van der Waals surface area contributed by atoms with Crippen LogP contribution in [0, 0.1) is 6.92 Å². The van der Waals surface area contributed by atoms with Crippen LogP contribution >= 0.6 is 0 Å². The summed E-state index contributed by atoms with van der Waals surface area (Å²) in [6.07, 6.45) is -0.501. The molecule has 0 spiro atoms. The summed E-state index contributed by atoms with van der Waals surface area (Å²) in [5.41, 5.74) is -1.27. The molecule has 0 aliphatic carbocycles. The lowest BCUT2D eigenvalue weighted by molar-refractivity contribution is 0.0867. The predicted molar refractivity (Wildman–Crippen MR) is 137 cm³/mol. The lowest BCUT2D eigenvalue weighted by atomic mass is 9.88. The number of ether oxygens (including phenoxy) is 1. The van der Waals surface area contributed by atoms with Gasteiger partial charge in [0.05, 0.1) is 10.8 Å². The summed E-state index contributed by atoms with van der Waals surface area (Å²) in [4.78, 5) is 26.0. The third-order valence-electron chi connectivity index (χ3n) is 6.82. The Hall–Kier alpha value is -5.12. The van der Waals surface area contributed by atoms with Crippen molar-refractivity contribution in [1.29, 1.82) is 0 Å². The van der Waals surface area contributed by atoms with Gasteiger partial charge >= 0.3 is 0 Å². The molecule has 1 unspecified atom stereocenters. The Morgan fingerprint density at radius 1 is 0.711 bits per heavy atom. The highest BCUT2D eigenvalue weighted by atomic mass is 16.5. The van der Waals surface area contributed by atoms with Crippen molar-refractivity contribution in [2.45, 2.75) is 26.4 Å². The third-order valence-corrected chi connectivity index (χ3v) is 6.82. The SMILES string of the molecule is Cc1cc(O)c2c(O)c3c(O)cc(=O)c(-c4c(O)cc(O)c5c(O)c6c(cc45)OC(C)CC6=O)c3cc2o1. The highest BCUT2D eigenvalue weighted by Gasteiger charge is 2.32. The molecule has 38 heavy (non-hydrogen) atoms. The summed E-state index contributed by atoms with van der Waals surface area (Å²) in [6, 6.07) is 5.70. The Balaban J connectivity index is 1.83. The number of phenols is 5. The van der Waals surface area contributed by atoms with Crippen molar-refractivity contribution >= 4 is 38.3 Å². The molecule has 0 amide bonds. The van der Waals surface area contributed by atoms with Crippen LogP contribution in [0.25, 0.3) is 43.6 Å². The van der Waals surface area contributed by atoms with Gasteiger partial charge in [-0.25, -0.2) is 0 Å². The van der Waals surface area contributed by atoms with Crippen LogP contribution in [-0.4, -0.2) is 42.5 Å². The molecule has 1 aliphatic heterocycles. The molecule has 2 heterocycles. The summed E-state index contributed by atoms with van der Waals surface area (Å²) in [7, 11) is 0. The minimum absolute atomic E-state index is 0.00405. The minimum atomic E-state index is -0.768. The van der Waals surface area contributed by atoms with Crippen molar-refractivity contribution in [2.75, 3.05) is 0 Å². The molecule has 0 bridgehead atoms. The van der Waals surface area contributed by atoms with E-state index in [1.165, 1.54) is 18.2 Å². The van der Waals surface area contributed by atoms with Crippen LogP contribution in [0.2, 0.25) is 0 Å². The van der Waals surface area contributed by atoms with Crippen molar-refractivity contribution in [3.05, 3.63) is 51.9 Å². The number of hydrogen-bond donors (Lipinski definition) is 6. The fourth-order valence-electron chi connectivity index (χ4n) is 5.32. The van der Waals surface area contributed by atoms with Crippen molar-refractivity contribution in [3.63, 3.8) is 0 Å². The molecule has 0 saturated heterocycles. The van der Waals surface area contributed by atoms with Gasteiger partial charge in [-0.05, 0) is 26.0 Å². The molecular weight excluding hydrogens is 496 g/mol. The van der Waals surface area contributed by atoms with Gasteiger partial charge in [0.25, 0.3) is 0 Å². The van der Waals surface area contributed by atoms with E-state index in [0.29, 0.717) is 5.76 Å². The van der Waals surface area contributed by atoms with E-state index in [1.807, 2.05) is 0 Å². The van der Waals surface area contributed by atoms with Gasteiger partial charge in [-0.1, -0.05) is 0 Å². The maximum absolute atomic E-state index is 13.4. The number of benzene rings is 4. The van der Waals surface area contributed by atoms with Crippen molar-refractivity contribution in [2.24, 2.45) is 0 Å². The Kier molecular flexibility index (Phi) is 4.71. The van der Waals surface area contributed by atoms with E-state index in [0.717, 1.165) is 12.1 Å². The van der Waals surface area contributed by atoms with E-state index in [1.54, 1.807) is 13.8 Å². The first-order chi connectivity index (χ1) is 18.0. The lowest BCUT2D eigenvalue weighted by Gasteiger charge is -2.25.